The highest BCUT2D eigenvalue weighted by atomic mass is 32.1. The monoisotopic (exact) mass is 452 g/mol. The van der Waals surface area contributed by atoms with Crippen molar-refractivity contribution in [1.82, 2.24) is 19.6 Å². The third-order valence-corrected chi connectivity index (χ3v) is 7.71. The molecule has 4 nitrogen and oxygen atoms in total. The molecule has 0 unspecified atom stereocenters. The second-order valence-corrected chi connectivity index (χ2v) is 9.26. The summed E-state index contributed by atoms with van der Waals surface area (Å²) in [5.41, 5.74) is 3.36. The van der Waals surface area contributed by atoms with Crippen molar-refractivity contribution in [3.63, 3.8) is 0 Å². The highest BCUT2D eigenvalue weighted by molar-refractivity contribution is 7.84. The summed E-state index contributed by atoms with van der Waals surface area (Å²) >= 11 is 21.3. The molecular weight excluding hydrogens is 425 g/mol. The predicted molar refractivity (Wildman–Crippen MR) is 131 cm³/mol. The molecule has 2 aliphatic rings. The fourth-order valence-corrected chi connectivity index (χ4v) is 5.07. The van der Waals surface area contributed by atoms with Crippen LogP contribution in [0.15, 0.2) is 9.79 Å². The van der Waals surface area contributed by atoms with Crippen LogP contribution in [0.25, 0.3) is 0 Å². The van der Waals surface area contributed by atoms with Crippen LogP contribution in [-0.2, 0) is 0 Å². The fraction of sp³-hybridized carbons (Fsp3) is 0.500. The van der Waals surface area contributed by atoms with Gasteiger partial charge in [-0.2, -0.15) is 0 Å². The highest BCUT2D eigenvalue weighted by Gasteiger charge is 2.29. The molecule has 0 amide bonds. The standard InChI is InChI=1S/C20H28N4S4/c1-13-14(2)17(25)18(26)16(20(28)24-11-7-22(4)8-12-24)15(13)19(27)23-9-5-21(3)6-10-23/h25-26H,1-2,5-12H2,3-4H3. The summed E-state index contributed by atoms with van der Waals surface area (Å²) in [7, 11) is 4.27. The number of rotatable bonds is 2. The molecule has 2 heterocycles. The number of likely N-dealkylation sites (N-methyl/N-ethyl adjacent to an activating group) is 2. The van der Waals surface area contributed by atoms with Gasteiger partial charge >= 0.3 is 0 Å². The molecule has 0 aliphatic carbocycles. The molecule has 28 heavy (non-hydrogen) atoms. The Morgan fingerprint density at radius 3 is 1.50 bits per heavy atom. The summed E-state index contributed by atoms with van der Waals surface area (Å²) in [4.78, 5) is 12.2. The molecule has 0 atom stereocenters. The first-order valence-electron chi connectivity index (χ1n) is 9.43. The van der Waals surface area contributed by atoms with E-state index in [-0.39, 0.29) is 0 Å². The Balaban J connectivity index is 2.03. The minimum absolute atomic E-state index is 0.727. The van der Waals surface area contributed by atoms with Crippen LogP contribution in [0.4, 0.5) is 0 Å². The number of benzene rings is 1. The van der Waals surface area contributed by atoms with Gasteiger partial charge < -0.3 is 19.6 Å². The van der Waals surface area contributed by atoms with Gasteiger partial charge in [0.05, 0.1) is 0 Å². The van der Waals surface area contributed by atoms with Gasteiger partial charge in [0.25, 0.3) is 0 Å². The van der Waals surface area contributed by atoms with Crippen LogP contribution in [0.5, 0.6) is 0 Å². The van der Waals surface area contributed by atoms with Gasteiger partial charge in [-0.05, 0) is 39.1 Å². The second kappa shape index (κ2) is 9.18. The molecule has 0 N–H and O–H groups in total. The lowest BCUT2D eigenvalue weighted by atomic mass is 9.95. The van der Waals surface area contributed by atoms with Crippen LogP contribution in [0.1, 0.15) is 22.3 Å². The normalized spacial score (nSPS) is 19.2. The molecule has 0 aromatic heterocycles. The summed E-state index contributed by atoms with van der Waals surface area (Å²) < 4.78 is 0. The van der Waals surface area contributed by atoms with Gasteiger partial charge in [-0.25, -0.2) is 0 Å². The summed E-state index contributed by atoms with van der Waals surface area (Å²) in [6.07, 6.45) is 0. The average molecular weight is 453 g/mol. The van der Waals surface area contributed by atoms with Gasteiger partial charge in [0.15, 0.2) is 0 Å². The zero-order chi connectivity index (χ0) is 20.6. The van der Waals surface area contributed by atoms with E-state index in [4.69, 9.17) is 37.1 Å². The van der Waals surface area contributed by atoms with Crippen molar-refractivity contribution in [2.45, 2.75) is 9.79 Å². The molecule has 0 bridgehead atoms. The van der Waals surface area contributed by atoms with E-state index in [1.807, 2.05) is 0 Å². The lowest BCUT2D eigenvalue weighted by molar-refractivity contribution is 0.217. The first kappa shape index (κ1) is 22.3. The van der Waals surface area contributed by atoms with Crippen molar-refractivity contribution in [3.8, 4) is 0 Å². The third kappa shape index (κ3) is 4.37. The van der Waals surface area contributed by atoms with E-state index in [1.165, 1.54) is 0 Å². The molecule has 1 aromatic carbocycles. The molecule has 0 spiro atoms. The molecule has 2 saturated heterocycles. The molecule has 2 aliphatic heterocycles. The van der Waals surface area contributed by atoms with E-state index in [2.05, 4.69) is 60.2 Å². The lowest BCUT2D eigenvalue weighted by Gasteiger charge is -2.38. The minimum atomic E-state index is 0.727. The summed E-state index contributed by atoms with van der Waals surface area (Å²) in [5, 5.41) is 0. The average Bonchev–Trinajstić information content (AvgIpc) is 2.69. The van der Waals surface area contributed by atoms with Gasteiger partial charge in [0.1, 0.15) is 9.98 Å². The third-order valence-electron chi connectivity index (χ3n) is 5.67. The van der Waals surface area contributed by atoms with Crippen molar-refractivity contribution in [1.29, 1.82) is 0 Å². The SMILES string of the molecule is [CH2]c1c([CH2])c(C(=S)N2CCN(C)CC2)c(C(=S)N2CCN(C)CC2)c(S)c1S. The Hall–Kier alpha value is -0.380. The second-order valence-electron chi connectivity index (χ2n) is 7.60. The Labute approximate surface area is 191 Å². The van der Waals surface area contributed by atoms with Crippen molar-refractivity contribution >= 4 is 59.7 Å². The Bertz CT molecular complexity index is 714. The van der Waals surface area contributed by atoms with Crippen molar-refractivity contribution in [3.05, 3.63) is 36.1 Å². The smallest absolute Gasteiger partial charge is 0.111 e. The number of piperazine rings is 2. The molecular formula is C20H28N4S4. The van der Waals surface area contributed by atoms with Crippen molar-refractivity contribution in [2.75, 3.05) is 66.5 Å². The van der Waals surface area contributed by atoms with E-state index < -0.39 is 0 Å². The van der Waals surface area contributed by atoms with E-state index in [0.717, 1.165) is 94.4 Å². The topological polar surface area (TPSA) is 13.0 Å². The van der Waals surface area contributed by atoms with Crippen LogP contribution >= 0.6 is 49.7 Å². The maximum Gasteiger partial charge on any atom is 0.111 e. The Kier molecular flexibility index (Phi) is 7.32. The van der Waals surface area contributed by atoms with E-state index in [1.54, 1.807) is 0 Å². The van der Waals surface area contributed by atoms with Crippen LogP contribution < -0.4 is 0 Å². The van der Waals surface area contributed by atoms with Crippen molar-refractivity contribution < 1.29 is 0 Å². The van der Waals surface area contributed by atoms with Crippen LogP contribution in [0.3, 0.4) is 0 Å². The molecule has 2 fully saturated rings. The molecule has 8 heteroatoms. The van der Waals surface area contributed by atoms with Crippen LogP contribution in [-0.4, -0.2) is 96.0 Å². The highest BCUT2D eigenvalue weighted by Crippen LogP contribution is 2.35. The minimum Gasteiger partial charge on any atom is -0.360 e. The fourth-order valence-electron chi connectivity index (χ4n) is 3.60. The van der Waals surface area contributed by atoms with E-state index in [9.17, 15) is 0 Å². The first-order chi connectivity index (χ1) is 13.2. The molecule has 0 saturated carbocycles. The largest absolute Gasteiger partial charge is 0.360 e. The van der Waals surface area contributed by atoms with Crippen LogP contribution in [0, 0.1) is 13.8 Å². The molecule has 3 rings (SSSR count). The molecule has 2 radical (unpaired) electrons. The number of hydrogen-bond donors (Lipinski definition) is 2. The maximum atomic E-state index is 5.95. The van der Waals surface area contributed by atoms with Crippen LogP contribution in [0.2, 0.25) is 0 Å². The van der Waals surface area contributed by atoms with Gasteiger partial charge in [0, 0.05) is 73.3 Å². The van der Waals surface area contributed by atoms with Gasteiger partial charge in [-0.1, -0.05) is 24.4 Å². The zero-order valence-corrected chi connectivity index (χ0v) is 20.0. The maximum absolute atomic E-state index is 5.95. The number of nitrogens with zero attached hydrogens (tertiary/aromatic N) is 4. The Morgan fingerprint density at radius 1 is 0.679 bits per heavy atom. The predicted octanol–water partition coefficient (Wildman–Crippen LogP) is 2.47. The quantitative estimate of drug-likeness (QED) is 0.525. The number of hydrogen-bond acceptors (Lipinski definition) is 6. The summed E-state index contributed by atoms with van der Waals surface area (Å²) in [5.74, 6) is 0. The van der Waals surface area contributed by atoms with E-state index >= 15 is 0 Å². The lowest BCUT2D eigenvalue weighted by Crippen LogP contribution is -2.49. The van der Waals surface area contributed by atoms with Crippen molar-refractivity contribution in [2.24, 2.45) is 0 Å². The van der Waals surface area contributed by atoms with Gasteiger partial charge in [0.2, 0.25) is 0 Å². The number of thiol groups is 2. The summed E-state index contributed by atoms with van der Waals surface area (Å²) in [6.45, 7) is 16.0. The van der Waals surface area contributed by atoms with E-state index in [0.29, 0.717) is 0 Å². The zero-order valence-electron chi connectivity index (χ0n) is 16.6. The molecule has 1 aromatic rings. The first-order valence-corrected chi connectivity index (χ1v) is 11.1. The Morgan fingerprint density at radius 2 is 1.07 bits per heavy atom. The molecule has 152 valence electrons. The van der Waals surface area contributed by atoms with Gasteiger partial charge in [-0.15, -0.1) is 25.3 Å². The summed E-state index contributed by atoms with van der Waals surface area (Å²) in [6, 6.07) is 0. The number of thiocarbonyl (C=S) groups is 2. The van der Waals surface area contributed by atoms with Gasteiger partial charge in [-0.3, -0.25) is 0 Å².